The van der Waals surface area contributed by atoms with Gasteiger partial charge in [0, 0.05) is 11.5 Å². The fourth-order valence-electron chi connectivity index (χ4n) is 2.18. The third-order valence-electron chi connectivity index (χ3n) is 3.25. The third-order valence-corrected chi connectivity index (χ3v) is 8.40. The van der Waals surface area contributed by atoms with E-state index in [0.29, 0.717) is 12.5 Å². The molecule has 0 aromatic heterocycles. The van der Waals surface area contributed by atoms with Crippen molar-refractivity contribution in [2.75, 3.05) is 18.1 Å². The Bertz CT molecular complexity index is 401. The Morgan fingerprint density at radius 3 is 2.27 bits per heavy atom. The van der Waals surface area contributed by atoms with Crippen LogP contribution in [-0.4, -0.2) is 43.2 Å². The number of esters is 1. The predicted molar refractivity (Wildman–Crippen MR) is 98.6 cm³/mol. The molecule has 1 rings (SSSR count). The summed E-state index contributed by atoms with van der Waals surface area (Å²) in [5.41, 5.74) is 0. The monoisotopic (exact) mass is 367 g/mol. The van der Waals surface area contributed by atoms with E-state index >= 15 is 0 Å². The topological polar surface area (TPSA) is 55.4 Å². The minimum Gasteiger partial charge on any atom is -0.464 e. The Hall–Kier alpha value is 0.280. The molecule has 2 atom stereocenters. The normalized spacial score (nSPS) is 20.9. The number of carbonyl (C=O) groups is 1. The molecule has 1 heterocycles. The van der Waals surface area contributed by atoms with Crippen molar-refractivity contribution in [2.45, 2.75) is 62.8 Å². The minimum atomic E-state index is -1.21. The van der Waals surface area contributed by atoms with Gasteiger partial charge in [0.25, 0.3) is 0 Å². The quantitative estimate of drug-likeness (QED) is 0.700. The van der Waals surface area contributed by atoms with Gasteiger partial charge in [0.05, 0.1) is 28.4 Å². The summed E-state index contributed by atoms with van der Waals surface area (Å²) in [6, 6.07) is -0.163. The van der Waals surface area contributed by atoms with Gasteiger partial charge in [0.15, 0.2) is 4.08 Å². The Balaban J connectivity index is 3.05. The summed E-state index contributed by atoms with van der Waals surface area (Å²) in [5.74, 6) is 2.05. The molecule has 130 valence electrons. The van der Waals surface area contributed by atoms with Gasteiger partial charge in [0.1, 0.15) is 0 Å². The molecule has 0 saturated carbocycles. The first kappa shape index (κ1) is 20.3. The predicted octanol–water partition coefficient (Wildman–Crippen LogP) is 3.19. The largest absolute Gasteiger partial charge is 0.464 e. The van der Waals surface area contributed by atoms with E-state index in [1.165, 1.54) is 0 Å². The van der Waals surface area contributed by atoms with Gasteiger partial charge < -0.3 is 4.74 Å². The van der Waals surface area contributed by atoms with Crippen molar-refractivity contribution in [1.29, 1.82) is 0 Å². The van der Waals surface area contributed by atoms with Gasteiger partial charge in [-0.2, -0.15) is 0 Å². The van der Waals surface area contributed by atoms with Crippen LogP contribution in [0.5, 0.6) is 0 Å². The maximum Gasteiger partial charge on any atom is 0.334 e. The number of nitrogens with one attached hydrogen (secondary N) is 1. The lowest BCUT2D eigenvalue weighted by molar-refractivity contribution is -0.144. The van der Waals surface area contributed by atoms with Crippen molar-refractivity contribution in [3.05, 3.63) is 0 Å². The maximum atomic E-state index is 12.6. The van der Waals surface area contributed by atoms with Gasteiger partial charge in [-0.15, -0.1) is 23.5 Å². The van der Waals surface area contributed by atoms with E-state index < -0.39 is 15.1 Å². The molecular weight excluding hydrogens is 338 g/mol. The molecule has 0 aromatic rings. The third kappa shape index (κ3) is 5.14. The van der Waals surface area contributed by atoms with Crippen LogP contribution in [0.2, 0.25) is 0 Å². The molecule has 1 N–H and O–H groups in total. The summed E-state index contributed by atoms with van der Waals surface area (Å²) in [6.07, 6.45) is 0.792. The van der Waals surface area contributed by atoms with Gasteiger partial charge in [0.2, 0.25) is 0 Å². The van der Waals surface area contributed by atoms with Crippen LogP contribution < -0.4 is 4.72 Å². The lowest BCUT2D eigenvalue weighted by Crippen LogP contribution is -2.54. The number of thioether (sulfide) groups is 2. The summed E-state index contributed by atoms with van der Waals surface area (Å²) in [5, 5.41) is 0. The molecular formula is C15H29NO3S3. The second-order valence-electron chi connectivity index (χ2n) is 6.77. The van der Waals surface area contributed by atoms with Crippen LogP contribution in [0.3, 0.4) is 0 Å². The first-order valence-electron chi connectivity index (χ1n) is 7.76. The highest BCUT2D eigenvalue weighted by molar-refractivity contribution is 8.22. The molecule has 4 nitrogen and oxygen atoms in total. The Morgan fingerprint density at radius 1 is 1.32 bits per heavy atom. The second-order valence-corrected chi connectivity index (χ2v) is 11.7. The lowest BCUT2D eigenvalue weighted by atomic mass is 10.0. The van der Waals surface area contributed by atoms with E-state index in [0.717, 1.165) is 17.9 Å². The van der Waals surface area contributed by atoms with Crippen LogP contribution in [0.4, 0.5) is 0 Å². The first-order valence-corrected chi connectivity index (χ1v) is 10.9. The van der Waals surface area contributed by atoms with Gasteiger partial charge in [-0.25, -0.2) is 13.7 Å². The molecule has 7 heteroatoms. The van der Waals surface area contributed by atoms with Gasteiger partial charge in [-0.05, 0) is 40.0 Å². The van der Waals surface area contributed by atoms with Gasteiger partial charge >= 0.3 is 5.97 Å². The maximum absolute atomic E-state index is 12.6. The summed E-state index contributed by atoms with van der Waals surface area (Å²) in [6.45, 7) is 12.3. The molecule has 22 heavy (non-hydrogen) atoms. The number of hydrogen-bond donors (Lipinski definition) is 1. The molecule has 0 spiro atoms. The number of hydrogen-bond acceptors (Lipinski definition) is 5. The number of carbonyl (C=O) groups excluding carboxylic acids is 1. The Labute approximate surface area is 145 Å². The smallest absolute Gasteiger partial charge is 0.334 e. The molecule has 1 fully saturated rings. The number of rotatable bonds is 7. The molecule has 1 aliphatic rings. The minimum absolute atomic E-state index is 0.163. The molecule has 0 radical (unpaired) electrons. The van der Waals surface area contributed by atoms with Gasteiger partial charge in [-0.1, -0.05) is 13.8 Å². The average molecular weight is 368 g/mol. The van der Waals surface area contributed by atoms with E-state index in [1.807, 2.05) is 27.7 Å². The molecule has 1 aliphatic heterocycles. The van der Waals surface area contributed by atoms with E-state index in [4.69, 9.17) is 4.74 Å². The molecule has 2 unspecified atom stereocenters. The fraction of sp³-hybridized carbons (Fsp3) is 0.933. The second kappa shape index (κ2) is 8.40. The van der Waals surface area contributed by atoms with E-state index in [9.17, 15) is 9.00 Å². The summed E-state index contributed by atoms with van der Waals surface area (Å²) >= 11 is 3.26. The standard InChI is InChI=1S/C15H29NO3S3/c1-7-19-13(17)15(20-8-9-21-15)12(10-11(2)3)16-22(18)14(4,5)6/h11-12,16H,7-10H2,1-6H3. The van der Waals surface area contributed by atoms with Crippen LogP contribution in [-0.2, 0) is 20.5 Å². The Morgan fingerprint density at radius 2 is 1.86 bits per heavy atom. The SMILES string of the molecule is CCOC(=O)C1(C(CC(C)C)NS(=O)C(C)(C)C)SCCS1. The fourth-order valence-corrected chi connectivity index (χ4v) is 6.39. The molecule has 0 aliphatic carbocycles. The van der Waals surface area contributed by atoms with Crippen molar-refractivity contribution >= 4 is 40.5 Å². The van der Waals surface area contributed by atoms with Crippen LogP contribution in [0.15, 0.2) is 0 Å². The highest BCUT2D eigenvalue weighted by Gasteiger charge is 2.52. The van der Waals surface area contributed by atoms with E-state index in [2.05, 4.69) is 18.6 Å². The van der Waals surface area contributed by atoms with Gasteiger partial charge in [-0.3, -0.25) is 0 Å². The van der Waals surface area contributed by atoms with Crippen LogP contribution in [0.1, 0.15) is 48.0 Å². The zero-order valence-corrected chi connectivity index (χ0v) is 16.9. The highest BCUT2D eigenvalue weighted by Crippen LogP contribution is 2.49. The lowest BCUT2D eigenvalue weighted by Gasteiger charge is -2.36. The highest BCUT2D eigenvalue weighted by atomic mass is 32.2. The first-order chi connectivity index (χ1) is 10.1. The van der Waals surface area contributed by atoms with Crippen molar-refractivity contribution < 1.29 is 13.7 Å². The van der Waals surface area contributed by atoms with Crippen molar-refractivity contribution in [2.24, 2.45) is 5.92 Å². The van der Waals surface area contributed by atoms with E-state index in [1.54, 1.807) is 23.5 Å². The summed E-state index contributed by atoms with van der Waals surface area (Å²) in [4.78, 5) is 12.6. The molecule has 0 bridgehead atoms. The summed E-state index contributed by atoms with van der Waals surface area (Å²) < 4.78 is 20.1. The zero-order valence-electron chi connectivity index (χ0n) is 14.4. The van der Waals surface area contributed by atoms with E-state index in [-0.39, 0.29) is 16.8 Å². The number of ether oxygens (including phenoxy) is 1. The molecule has 0 aromatic carbocycles. The molecule has 1 saturated heterocycles. The van der Waals surface area contributed by atoms with Crippen molar-refractivity contribution in [1.82, 2.24) is 4.72 Å². The van der Waals surface area contributed by atoms with Crippen molar-refractivity contribution in [3.63, 3.8) is 0 Å². The average Bonchev–Trinajstić information content (AvgIpc) is 2.87. The van der Waals surface area contributed by atoms with Crippen LogP contribution >= 0.6 is 23.5 Å². The van der Waals surface area contributed by atoms with Crippen molar-refractivity contribution in [3.8, 4) is 0 Å². The Kier molecular flexibility index (Phi) is 7.76. The summed E-state index contributed by atoms with van der Waals surface area (Å²) in [7, 11) is -1.21. The van der Waals surface area contributed by atoms with Crippen LogP contribution in [0.25, 0.3) is 0 Å². The van der Waals surface area contributed by atoms with Crippen LogP contribution in [0, 0.1) is 5.92 Å². The molecule has 0 amide bonds. The zero-order chi connectivity index (χ0) is 17.0.